The molecule has 0 saturated carbocycles. The zero-order valence-corrected chi connectivity index (χ0v) is 46.2. The predicted octanol–water partition coefficient (Wildman–Crippen LogP) is 6.56. The molecule has 24 heteroatoms. The van der Waals surface area contributed by atoms with E-state index in [1.165, 1.54) is 64.2 Å². The number of carbonyl (C=O) groups is 3. The van der Waals surface area contributed by atoms with Crippen LogP contribution < -0.4 is 20.4 Å². The number of rotatable bonds is 8. The number of hydrazone groups is 1. The highest BCUT2D eigenvalue weighted by Crippen LogP contribution is 2.55. The minimum atomic E-state index is -2.17. The van der Waals surface area contributed by atoms with Crippen molar-refractivity contribution in [3.8, 4) is 28.7 Å². The van der Waals surface area contributed by atoms with Crippen LogP contribution in [0.5, 0.6) is 23.0 Å². The summed E-state index contributed by atoms with van der Waals surface area (Å²) in [6, 6.07) is 3.15. The first-order valence-corrected chi connectivity index (χ1v) is 26.4. The lowest BCUT2D eigenvalue weighted by Gasteiger charge is -2.35. The highest BCUT2D eigenvalue weighted by atomic mass is 19.1. The third kappa shape index (κ3) is 10.8. The molecule has 11 atom stereocenters. The Hall–Kier alpha value is -8.03. The Morgan fingerprint density at radius 3 is 2.37 bits per heavy atom. The number of aromatic nitrogens is 2. The number of hydrogen-bond acceptors (Lipinski definition) is 19. The standard InChI is InChI=1S/C58H63F3N6O15/c1-25-11-10-12-26(2)56(76)63-44-35(22-62-65(8)32-15-17-66(23-32)55-38(61)21-34-48(72)36(52-57(77)81-52)24-67(54(34)64-55)39-14-13-31(59)19-37(39)60)49(73)41-42(50(44)74)47(71)29(5)51-43(41)53(75)58(7,82-51)79-18-16-33(78-9)20-40(80-30(6)68)27(3)46(70)28(4)45(25)69/h10-14,16,18-19,21-22,24-25,27-28,32-33,40,45-46,52,57,69-71,73-74,77H,15,17,20,23H2,1-9H3,(H,63,76)/b11-10+,18-16+,26-12-,62-22+/t25-,27-,28+,32?,33-,40+,45-,46-,52?,57?,58-/m0/s1. The summed E-state index contributed by atoms with van der Waals surface area (Å²) in [6.07, 6.45) is 3.21. The van der Waals surface area contributed by atoms with Gasteiger partial charge in [-0.1, -0.05) is 39.0 Å². The summed E-state index contributed by atoms with van der Waals surface area (Å²) in [5, 5.41) is 77.0. The average molecular weight is 1140 g/mol. The average Bonchev–Trinajstić information content (AvgIpc) is 2.47. The zero-order chi connectivity index (χ0) is 59.5. The molecule has 5 aliphatic rings. The smallest absolute Gasteiger partial charge is 0.312 e. The molecule has 21 nitrogen and oxygen atoms in total. The number of ketones is 1. The molecule has 7 N–H and O–H groups in total. The number of benzene rings is 3. The van der Waals surface area contributed by atoms with E-state index < -0.39 is 141 Å². The molecular weight excluding hydrogens is 1080 g/mol. The number of aliphatic hydroxyl groups is 3. The van der Waals surface area contributed by atoms with Gasteiger partial charge in [-0.25, -0.2) is 18.2 Å². The molecular formula is C58H63F3N6O15. The number of methoxy groups -OCH3 is 1. The molecule has 5 bridgehead atoms. The number of phenolic OH excluding ortho intramolecular Hbond substituents is 3. The van der Waals surface area contributed by atoms with Crippen LogP contribution in [0.2, 0.25) is 0 Å². The molecule has 82 heavy (non-hydrogen) atoms. The number of aromatic hydroxyl groups is 3. The monoisotopic (exact) mass is 1140 g/mol. The van der Waals surface area contributed by atoms with Gasteiger partial charge in [0, 0.05) is 94.1 Å². The number of fused-ring (bicyclic) bond motifs is 15. The van der Waals surface area contributed by atoms with Crippen LogP contribution >= 0.6 is 0 Å². The number of nitrogens with one attached hydrogen (secondary N) is 1. The van der Waals surface area contributed by atoms with Gasteiger partial charge in [-0.2, -0.15) is 5.10 Å². The maximum atomic E-state index is 16.3. The first kappa shape index (κ1) is 58.6. The highest BCUT2D eigenvalue weighted by Gasteiger charge is 2.50. The van der Waals surface area contributed by atoms with Gasteiger partial charge in [-0.15, -0.1) is 0 Å². The quantitative estimate of drug-likeness (QED) is 0.0216. The molecule has 2 fully saturated rings. The second-order valence-electron chi connectivity index (χ2n) is 21.3. The molecule has 5 aliphatic heterocycles. The Balaban J connectivity index is 1.10. The van der Waals surface area contributed by atoms with Crippen LogP contribution in [0.15, 0.2) is 76.5 Å². The molecule has 10 rings (SSSR count). The van der Waals surface area contributed by atoms with Gasteiger partial charge in [0.05, 0.1) is 75.7 Å². The minimum absolute atomic E-state index is 0.00504. The molecule has 0 aliphatic carbocycles. The summed E-state index contributed by atoms with van der Waals surface area (Å²) in [4.78, 5) is 60.9. The van der Waals surface area contributed by atoms with Crippen molar-refractivity contribution < 1.29 is 81.9 Å². The summed E-state index contributed by atoms with van der Waals surface area (Å²) in [7, 11) is 2.94. The van der Waals surface area contributed by atoms with E-state index in [2.05, 4.69) is 15.4 Å². The Kier molecular flexibility index (Phi) is 16.2. The number of phenols is 3. The molecule has 0 radical (unpaired) electrons. The molecule has 3 aromatic carbocycles. The van der Waals surface area contributed by atoms with Crippen LogP contribution in [0.25, 0.3) is 27.5 Å². The number of carbonyl (C=O) groups excluding carboxylic acids is 3. The fourth-order valence-corrected chi connectivity index (χ4v) is 10.8. The minimum Gasteiger partial charge on any atom is -0.507 e. The number of esters is 1. The third-order valence-corrected chi connectivity index (χ3v) is 15.8. The molecule has 3 unspecified atom stereocenters. The molecule has 7 heterocycles. The number of pyridine rings is 2. The lowest BCUT2D eigenvalue weighted by atomic mass is 9.81. The SMILES string of the molecule is CO[C@H]1/C=C/O[C@@]2(C)Oc3c(C)c(O)c4c(O)c(c(/C=N/N(C)C5CCN(c6nc7c(cc6F)c(=O)c(C6OC6O)cn7-c6ccc(F)cc6F)C5)c(O)c4c3C2=O)NC(=O)/C(C)=C\C=C\[C@H](C)[C@H](O)[C@@H](C)[C@@H](O)[C@@H](C)[C@H](OC(C)=O)C1. The van der Waals surface area contributed by atoms with Crippen LogP contribution in [0.3, 0.4) is 0 Å². The number of epoxide rings is 1. The molecule has 2 aromatic heterocycles. The topological polar surface area (TPSA) is 288 Å². The van der Waals surface area contributed by atoms with Crippen LogP contribution in [0.1, 0.15) is 87.5 Å². The van der Waals surface area contributed by atoms with Crippen LogP contribution in [0.4, 0.5) is 24.7 Å². The number of aliphatic hydroxyl groups excluding tert-OH is 3. The number of halogens is 3. The van der Waals surface area contributed by atoms with Crippen molar-refractivity contribution >= 4 is 57.2 Å². The number of allylic oxidation sites excluding steroid dienone is 2. The fraction of sp³-hybridized carbons (Fsp3) is 0.414. The Morgan fingerprint density at radius 1 is 0.976 bits per heavy atom. The summed E-state index contributed by atoms with van der Waals surface area (Å²) >= 11 is 0. The number of anilines is 2. The normalized spacial score (nSPS) is 28.5. The van der Waals surface area contributed by atoms with Crippen molar-refractivity contribution in [2.45, 2.75) is 110 Å². The summed E-state index contributed by atoms with van der Waals surface area (Å²) in [6.45, 7) is 10.6. The molecule has 2 saturated heterocycles. The maximum absolute atomic E-state index is 16.3. The van der Waals surface area contributed by atoms with Crippen molar-refractivity contribution in [2.24, 2.45) is 22.9 Å². The molecule has 1 amide bonds. The van der Waals surface area contributed by atoms with Crippen LogP contribution in [-0.2, 0) is 28.5 Å². The number of hydrogen-bond donors (Lipinski definition) is 7. The van der Waals surface area contributed by atoms with E-state index in [4.69, 9.17) is 23.7 Å². The molecule has 436 valence electrons. The number of ether oxygens (including phenoxy) is 5. The van der Waals surface area contributed by atoms with E-state index in [1.54, 1.807) is 38.8 Å². The van der Waals surface area contributed by atoms with Crippen molar-refractivity contribution in [1.82, 2.24) is 14.6 Å². The van der Waals surface area contributed by atoms with Gasteiger partial charge in [-0.05, 0) is 44.5 Å². The van der Waals surface area contributed by atoms with E-state index in [1.807, 2.05) is 0 Å². The van der Waals surface area contributed by atoms with Crippen LogP contribution in [-0.4, -0.2) is 139 Å². The van der Waals surface area contributed by atoms with Gasteiger partial charge >= 0.3 is 11.8 Å². The molecule has 5 aromatic rings. The van der Waals surface area contributed by atoms with E-state index in [0.717, 1.165) is 35.2 Å². The van der Waals surface area contributed by atoms with Gasteiger partial charge in [0.15, 0.2) is 34.8 Å². The lowest BCUT2D eigenvalue weighted by Crippen LogP contribution is -2.43. The Labute approximate surface area is 467 Å². The number of likely N-dealkylation sites (N-methyl/N-ethyl adjacent to an activating group) is 1. The highest BCUT2D eigenvalue weighted by molar-refractivity contribution is 6.24. The summed E-state index contributed by atoms with van der Waals surface area (Å²) in [5.74, 6) is -12.0. The summed E-state index contributed by atoms with van der Waals surface area (Å²) < 4.78 is 75.4. The van der Waals surface area contributed by atoms with Crippen molar-refractivity contribution in [3.05, 3.63) is 117 Å². The largest absolute Gasteiger partial charge is 0.507 e. The van der Waals surface area contributed by atoms with Gasteiger partial charge in [0.25, 0.3) is 11.7 Å². The third-order valence-electron chi connectivity index (χ3n) is 15.8. The van der Waals surface area contributed by atoms with Gasteiger partial charge in [0.2, 0.25) is 0 Å². The van der Waals surface area contributed by atoms with Crippen LogP contribution in [0, 0.1) is 42.1 Å². The number of Topliss-reactive ketones (excluding diaryl/α,β-unsaturated/α-hetero) is 1. The van der Waals surface area contributed by atoms with Crippen molar-refractivity contribution in [1.29, 1.82) is 0 Å². The van der Waals surface area contributed by atoms with E-state index in [9.17, 15) is 54.2 Å². The predicted molar refractivity (Wildman–Crippen MR) is 292 cm³/mol. The van der Waals surface area contributed by atoms with Crippen molar-refractivity contribution in [2.75, 3.05) is 37.5 Å². The fourth-order valence-electron chi connectivity index (χ4n) is 10.8. The first-order chi connectivity index (χ1) is 38.8. The van der Waals surface area contributed by atoms with Gasteiger partial charge in [0.1, 0.15) is 41.1 Å². The van der Waals surface area contributed by atoms with Gasteiger partial charge < -0.3 is 64.5 Å². The Morgan fingerprint density at radius 2 is 1.70 bits per heavy atom. The Bertz CT molecular complexity index is 3610. The lowest BCUT2D eigenvalue weighted by molar-refractivity contribution is -0.155. The van der Waals surface area contributed by atoms with Gasteiger partial charge in [-0.3, -0.25) is 28.8 Å². The van der Waals surface area contributed by atoms with E-state index >= 15 is 8.78 Å². The summed E-state index contributed by atoms with van der Waals surface area (Å²) in [5.41, 5.74) is -2.31. The second kappa shape index (κ2) is 22.7. The number of nitrogens with zero attached hydrogens (tertiary/aromatic N) is 5. The first-order valence-electron chi connectivity index (χ1n) is 26.4. The van der Waals surface area contributed by atoms with E-state index in [0.29, 0.717) is 12.5 Å². The molecule has 0 spiro atoms. The van der Waals surface area contributed by atoms with Crippen molar-refractivity contribution in [3.63, 3.8) is 0 Å². The number of amides is 1. The second-order valence-corrected chi connectivity index (χ2v) is 21.3. The zero-order valence-electron chi connectivity index (χ0n) is 46.2. The van der Waals surface area contributed by atoms with E-state index in [-0.39, 0.29) is 75.6 Å². The maximum Gasteiger partial charge on any atom is 0.312 e.